The molecule has 0 radical (unpaired) electrons. The largest absolute Gasteiger partial charge is 0.346 e. The van der Waals surface area contributed by atoms with E-state index in [0.717, 1.165) is 52.7 Å². The number of hydrogen-bond acceptors (Lipinski definition) is 5. The van der Waals surface area contributed by atoms with E-state index in [-0.39, 0.29) is 11.9 Å². The lowest BCUT2D eigenvalue weighted by atomic mass is 9.97. The number of fused-ring (bicyclic) bond motifs is 6. The summed E-state index contributed by atoms with van der Waals surface area (Å²) in [6.07, 6.45) is 13.8. The van der Waals surface area contributed by atoms with Crippen LogP contribution in [-0.4, -0.2) is 61.9 Å². The second-order valence-electron chi connectivity index (χ2n) is 7.64. The van der Waals surface area contributed by atoms with Gasteiger partial charge in [-0.15, -0.1) is 0 Å². The number of nitrogens with zero attached hydrogens (tertiary/aromatic N) is 6. The summed E-state index contributed by atoms with van der Waals surface area (Å²) in [4.78, 5) is 22.5. The van der Waals surface area contributed by atoms with Gasteiger partial charge in [-0.1, -0.05) is 0 Å². The average molecular weight is 389 g/mol. The van der Waals surface area contributed by atoms with E-state index < -0.39 is 0 Å². The molecule has 0 aliphatic carbocycles. The maximum atomic E-state index is 12.8. The summed E-state index contributed by atoms with van der Waals surface area (Å²) in [6.45, 7) is 0.795. The molecule has 3 aromatic heterocycles. The number of aryl methyl sites for hydroxylation is 1. The Morgan fingerprint density at radius 2 is 2.07 bits per heavy atom. The van der Waals surface area contributed by atoms with Gasteiger partial charge in [0, 0.05) is 79.5 Å². The van der Waals surface area contributed by atoms with Gasteiger partial charge in [-0.05, 0) is 18.9 Å². The first-order valence-electron chi connectivity index (χ1n) is 9.85. The van der Waals surface area contributed by atoms with Crippen LogP contribution in [0.25, 0.3) is 27.7 Å². The third-order valence-corrected chi connectivity index (χ3v) is 5.68. The van der Waals surface area contributed by atoms with Gasteiger partial charge >= 0.3 is 0 Å². The summed E-state index contributed by atoms with van der Waals surface area (Å²) < 4.78 is 1.95. The van der Waals surface area contributed by atoms with Crippen molar-refractivity contribution < 1.29 is 4.79 Å². The Morgan fingerprint density at radius 1 is 1.17 bits per heavy atom. The second-order valence-corrected chi connectivity index (χ2v) is 7.64. The van der Waals surface area contributed by atoms with Crippen LogP contribution < -0.4 is 0 Å². The minimum Gasteiger partial charge on any atom is -0.346 e. The van der Waals surface area contributed by atoms with E-state index in [1.165, 1.54) is 0 Å². The number of carbonyl (C=O) groups is 1. The van der Waals surface area contributed by atoms with Gasteiger partial charge in [0.05, 0.1) is 18.5 Å². The molecule has 1 unspecified atom stereocenters. The van der Waals surface area contributed by atoms with Crippen LogP contribution in [-0.2, 0) is 11.3 Å². The summed E-state index contributed by atoms with van der Waals surface area (Å²) in [7, 11) is 3.74. The fourth-order valence-electron chi connectivity index (χ4n) is 4.02. The van der Waals surface area contributed by atoms with E-state index in [1.807, 2.05) is 49.8 Å². The van der Waals surface area contributed by atoms with Crippen molar-refractivity contribution in [2.75, 3.05) is 14.1 Å². The van der Waals surface area contributed by atoms with Crippen molar-refractivity contribution in [2.24, 2.45) is 5.10 Å². The highest BCUT2D eigenvalue weighted by Gasteiger charge is 2.26. The summed E-state index contributed by atoms with van der Waals surface area (Å²) in [5.41, 5.74) is 4.95. The standard InChI is InChI=1S/C21H23N7O/c1-26-13-18-14-7-16-17(10-23-21(16)22-8-14)15-9-25-28(12-15)6-4-3-5-20(29)27(2)19(18)11-24-26/h7-13,19H,3-6H2,1-2H3,(H,22,23). The van der Waals surface area contributed by atoms with Crippen LogP contribution in [0.1, 0.15) is 24.8 Å². The number of aromatic amines is 1. The van der Waals surface area contributed by atoms with Crippen LogP contribution in [0, 0.1) is 0 Å². The zero-order valence-electron chi connectivity index (χ0n) is 16.5. The number of amides is 1. The highest BCUT2D eigenvalue weighted by molar-refractivity contribution is 5.98. The van der Waals surface area contributed by atoms with Crippen molar-refractivity contribution in [2.45, 2.75) is 31.8 Å². The molecule has 1 N–H and O–H groups in total. The number of nitrogens with one attached hydrogen (secondary N) is 1. The molecule has 2 aliphatic heterocycles. The molecule has 1 atom stereocenters. The van der Waals surface area contributed by atoms with Crippen LogP contribution in [0.15, 0.2) is 42.2 Å². The molecule has 3 aromatic rings. The normalized spacial score (nSPS) is 19.9. The van der Waals surface area contributed by atoms with E-state index in [1.54, 1.807) is 9.91 Å². The van der Waals surface area contributed by atoms with Crippen molar-refractivity contribution in [3.63, 3.8) is 0 Å². The van der Waals surface area contributed by atoms with Crippen molar-refractivity contribution in [3.05, 3.63) is 42.6 Å². The van der Waals surface area contributed by atoms with E-state index in [0.29, 0.717) is 6.42 Å². The number of hydrazone groups is 1. The summed E-state index contributed by atoms with van der Waals surface area (Å²) >= 11 is 0. The summed E-state index contributed by atoms with van der Waals surface area (Å²) in [5, 5.41) is 11.7. The van der Waals surface area contributed by atoms with Gasteiger partial charge < -0.3 is 9.88 Å². The number of rotatable bonds is 0. The smallest absolute Gasteiger partial charge is 0.223 e. The Hall–Kier alpha value is -3.42. The molecule has 4 bridgehead atoms. The SMILES string of the molecule is CN1C=C2c3cnc4[nH]cc(c4c3)-c3cnn(c3)CCCCC(=O)N(C)C2C=N1. The Labute approximate surface area is 168 Å². The molecular formula is C21H23N7O. The molecule has 0 spiro atoms. The fourth-order valence-corrected chi connectivity index (χ4v) is 4.02. The average Bonchev–Trinajstić information content (AvgIpc) is 3.36. The van der Waals surface area contributed by atoms with E-state index in [9.17, 15) is 4.79 Å². The van der Waals surface area contributed by atoms with Crippen LogP contribution in [0.2, 0.25) is 0 Å². The third kappa shape index (κ3) is 3.10. The van der Waals surface area contributed by atoms with Crippen molar-refractivity contribution in [1.82, 2.24) is 29.7 Å². The number of hydrogen-bond donors (Lipinski definition) is 1. The summed E-state index contributed by atoms with van der Waals surface area (Å²) in [6, 6.07) is 1.92. The highest BCUT2D eigenvalue weighted by atomic mass is 16.2. The second kappa shape index (κ2) is 6.88. The van der Waals surface area contributed by atoms with Crippen LogP contribution in [0.5, 0.6) is 0 Å². The molecule has 0 aromatic carbocycles. The van der Waals surface area contributed by atoms with Crippen LogP contribution in [0.3, 0.4) is 0 Å². The molecule has 148 valence electrons. The Bertz CT molecular complexity index is 1140. The predicted octanol–water partition coefficient (Wildman–Crippen LogP) is 2.71. The van der Waals surface area contributed by atoms with Gasteiger partial charge in [-0.3, -0.25) is 14.5 Å². The van der Waals surface area contributed by atoms with E-state index >= 15 is 0 Å². The van der Waals surface area contributed by atoms with Crippen molar-refractivity contribution >= 4 is 28.7 Å². The Morgan fingerprint density at radius 3 is 2.97 bits per heavy atom. The Kier molecular flexibility index (Phi) is 4.19. The third-order valence-electron chi connectivity index (χ3n) is 5.68. The van der Waals surface area contributed by atoms with E-state index in [4.69, 9.17) is 0 Å². The Balaban J connectivity index is 1.68. The topological polar surface area (TPSA) is 82.4 Å². The van der Waals surface area contributed by atoms with Crippen LogP contribution in [0.4, 0.5) is 0 Å². The lowest BCUT2D eigenvalue weighted by Crippen LogP contribution is -2.41. The number of H-pyrrole nitrogens is 1. The lowest BCUT2D eigenvalue weighted by Gasteiger charge is -2.31. The molecule has 8 heteroatoms. The molecule has 29 heavy (non-hydrogen) atoms. The monoisotopic (exact) mass is 389 g/mol. The highest BCUT2D eigenvalue weighted by Crippen LogP contribution is 2.32. The first-order chi connectivity index (χ1) is 14.1. The molecule has 0 saturated heterocycles. The number of likely N-dealkylation sites (N-methyl/N-ethyl adjacent to an activating group) is 1. The van der Waals surface area contributed by atoms with Gasteiger partial charge in [-0.2, -0.15) is 10.2 Å². The molecule has 0 saturated carbocycles. The van der Waals surface area contributed by atoms with Gasteiger partial charge in [-0.25, -0.2) is 4.98 Å². The fraction of sp³-hybridized carbons (Fsp3) is 0.333. The molecule has 5 heterocycles. The van der Waals surface area contributed by atoms with Gasteiger partial charge in [0.2, 0.25) is 5.91 Å². The minimum atomic E-state index is -0.216. The molecule has 0 fully saturated rings. The first kappa shape index (κ1) is 17.7. The lowest BCUT2D eigenvalue weighted by molar-refractivity contribution is -0.130. The predicted molar refractivity (Wildman–Crippen MR) is 112 cm³/mol. The number of aromatic nitrogens is 4. The maximum Gasteiger partial charge on any atom is 0.223 e. The molecule has 8 nitrogen and oxygen atoms in total. The number of carbonyl (C=O) groups excluding carboxylic acids is 1. The zero-order valence-corrected chi connectivity index (χ0v) is 16.5. The first-order valence-corrected chi connectivity index (χ1v) is 9.85. The summed E-state index contributed by atoms with van der Waals surface area (Å²) in [5.74, 6) is 0.115. The van der Waals surface area contributed by atoms with Crippen molar-refractivity contribution in [1.29, 1.82) is 0 Å². The number of pyridine rings is 1. The quantitative estimate of drug-likeness (QED) is 0.641. The van der Waals surface area contributed by atoms with Crippen LogP contribution >= 0.6 is 0 Å². The molecule has 1 amide bonds. The van der Waals surface area contributed by atoms with Gasteiger partial charge in [0.1, 0.15) is 5.65 Å². The van der Waals surface area contributed by atoms with Crippen molar-refractivity contribution in [3.8, 4) is 11.1 Å². The molecule has 5 rings (SSSR count). The zero-order chi connectivity index (χ0) is 20.0. The van der Waals surface area contributed by atoms with E-state index in [2.05, 4.69) is 32.4 Å². The van der Waals surface area contributed by atoms with Gasteiger partial charge in [0.25, 0.3) is 0 Å². The molecule has 2 aliphatic rings. The van der Waals surface area contributed by atoms with Gasteiger partial charge in [0.15, 0.2) is 0 Å². The molecular weight excluding hydrogens is 366 g/mol. The minimum absolute atomic E-state index is 0.115. The maximum absolute atomic E-state index is 12.8.